The molecule has 1 atom stereocenters. The Balaban J connectivity index is 1.83. The second kappa shape index (κ2) is 8.22. The first kappa shape index (κ1) is 20.2. The zero-order valence-electron chi connectivity index (χ0n) is 15.3. The van der Waals surface area contributed by atoms with Gasteiger partial charge in [0.25, 0.3) is 0 Å². The Labute approximate surface area is 170 Å². The summed E-state index contributed by atoms with van der Waals surface area (Å²) >= 11 is 8.49. The summed E-state index contributed by atoms with van der Waals surface area (Å²) in [5, 5.41) is 0. The standard InChI is InChI=1S/C19H22BrF2N3OS/c1-3-4-7-24(2)16(26)9-14-15-8-11(10-25(15)19(27)23-14)17-13(21)6-5-12(20)18(17)22/h5-6,11H,3-4,7-10H2,1-2H3,(H,23,27). The molecule has 2 heterocycles. The van der Waals surface area contributed by atoms with E-state index in [0.29, 0.717) is 24.3 Å². The van der Waals surface area contributed by atoms with E-state index in [1.807, 2.05) is 4.57 Å². The molecule has 1 unspecified atom stereocenters. The number of benzene rings is 1. The maximum Gasteiger partial charge on any atom is 0.228 e. The molecule has 4 nitrogen and oxygen atoms in total. The quantitative estimate of drug-likeness (QED) is 0.503. The van der Waals surface area contributed by atoms with E-state index in [1.165, 1.54) is 12.1 Å². The Morgan fingerprint density at radius 1 is 1.44 bits per heavy atom. The van der Waals surface area contributed by atoms with Crippen LogP contribution in [0.2, 0.25) is 0 Å². The first-order valence-corrected chi connectivity index (χ1v) is 10.2. The highest BCUT2D eigenvalue weighted by molar-refractivity contribution is 9.10. The molecule has 2 aromatic rings. The van der Waals surface area contributed by atoms with E-state index < -0.39 is 11.6 Å². The van der Waals surface area contributed by atoms with Crippen LogP contribution in [0.4, 0.5) is 8.78 Å². The van der Waals surface area contributed by atoms with Gasteiger partial charge in [0.05, 0.1) is 10.9 Å². The van der Waals surface area contributed by atoms with Crippen LogP contribution >= 0.6 is 28.1 Å². The maximum atomic E-state index is 14.5. The Hall–Kier alpha value is -1.54. The normalized spacial score (nSPS) is 15.8. The molecule has 1 aromatic carbocycles. The molecule has 3 rings (SSSR count). The predicted octanol–water partition coefficient (Wildman–Crippen LogP) is 4.73. The Morgan fingerprint density at radius 3 is 2.89 bits per heavy atom. The maximum absolute atomic E-state index is 14.5. The van der Waals surface area contributed by atoms with E-state index in [9.17, 15) is 13.6 Å². The summed E-state index contributed by atoms with van der Waals surface area (Å²) in [6, 6.07) is 2.63. The van der Waals surface area contributed by atoms with Gasteiger partial charge in [0, 0.05) is 43.0 Å². The zero-order valence-corrected chi connectivity index (χ0v) is 17.7. The van der Waals surface area contributed by atoms with Crippen LogP contribution in [0.5, 0.6) is 0 Å². The molecule has 0 saturated carbocycles. The molecule has 0 bridgehead atoms. The number of carbonyl (C=O) groups is 1. The fraction of sp³-hybridized carbons (Fsp3) is 0.474. The molecular formula is C19H22BrF2N3OS. The van der Waals surface area contributed by atoms with Crippen molar-refractivity contribution in [3.63, 3.8) is 0 Å². The number of hydrogen-bond donors (Lipinski definition) is 1. The van der Waals surface area contributed by atoms with Crippen molar-refractivity contribution in [3.8, 4) is 0 Å². The van der Waals surface area contributed by atoms with Gasteiger partial charge in [-0.1, -0.05) is 13.3 Å². The zero-order chi connectivity index (χ0) is 19.7. The third-order valence-corrected chi connectivity index (χ3v) is 6.04. The number of H-pyrrole nitrogens is 1. The van der Waals surface area contributed by atoms with Crippen molar-refractivity contribution in [2.45, 2.75) is 45.1 Å². The molecular weight excluding hydrogens is 436 g/mol. The van der Waals surface area contributed by atoms with Gasteiger partial charge in [-0.3, -0.25) is 4.79 Å². The van der Waals surface area contributed by atoms with Gasteiger partial charge in [-0.05, 0) is 53.1 Å². The molecule has 0 saturated heterocycles. The lowest BCUT2D eigenvalue weighted by atomic mass is 9.95. The van der Waals surface area contributed by atoms with Crippen LogP contribution in [-0.2, 0) is 24.2 Å². The summed E-state index contributed by atoms with van der Waals surface area (Å²) < 4.78 is 31.4. The third kappa shape index (κ3) is 4.01. The fourth-order valence-corrected chi connectivity index (χ4v) is 4.22. The number of likely N-dealkylation sites (N-methyl/N-ethyl adjacent to an activating group) is 1. The van der Waals surface area contributed by atoms with Gasteiger partial charge in [-0.2, -0.15) is 0 Å². The smallest absolute Gasteiger partial charge is 0.228 e. The number of rotatable bonds is 6. The highest BCUT2D eigenvalue weighted by Crippen LogP contribution is 2.36. The Kier molecular flexibility index (Phi) is 6.15. The van der Waals surface area contributed by atoms with Crippen LogP contribution in [0.3, 0.4) is 0 Å². The molecule has 1 amide bonds. The minimum atomic E-state index is -0.572. The van der Waals surface area contributed by atoms with Gasteiger partial charge in [-0.25, -0.2) is 8.78 Å². The minimum Gasteiger partial charge on any atom is -0.345 e. The lowest BCUT2D eigenvalue weighted by Gasteiger charge is -2.16. The largest absolute Gasteiger partial charge is 0.345 e. The molecule has 0 aliphatic carbocycles. The third-order valence-electron chi connectivity index (χ3n) is 5.11. The molecule has 0 spiro atoms. The van der Waals surface area contributed by atoms with Crippen molar-refractivity contribution >= 4 is 34.1 Å². The van der Waals surface area contributed by atoms with Crippen molar-refractivity contribution in [2.24, 2.45) is 0 Å². The number of aromatic nitrogens is 2. The van der Waals surface area contributed by atoms with Gasteiger partial charge < -0.3 is 14.5 Å². The molecule has 0 radical (unpaired) electrons. The number of unbranched alkanes of at least 4 members (excludes halogenated alkanes) is 1. The highest BCUT2D eigenvalue weighted by Gasteiger charge is 2.32. The average molecular weight is 458 g/mol. The summed E-state index contributed by atoms with van der Waals surface area (Å²) in [5.41, 5.74) is 1.67. The van der Waals surface area contributed by atoms with Crippen LogP contribution < -0.4 is 0 Å². The van der Waals surface area contributed by atoms with Crippen LogP contribution in [0.15, 0.2) is 16.6 Å². The average Bonchev–Trinajstić information content (AvgIpc) is 3.18. The molecule has 8 heteroatoms. The number of carbonyl (C=O) groups excluding carboxylic acids is 1. The number of nitrogens with zero attached hydrogens (tertiary/aromatic N) is 2. The van der Waals surface area contributed by atoms with Gasteiger partial charge in [-0.15, -0.1) is 0 Å². The van der Waals surface area contributed by atoms with Crippen molar-refractivity contribution < 1.29 is 13.6 Å². The number of nitrogens with one attached hydrogen (secondary N) is 1. The number of aromatic amines is 1. The SMILES string of the molecule is CCCCN(C)C(=O)Cc1[nH]c(=S)n2c1CC(c1c(F)ccc(Br)c1F)C2. The highest BCUT2D eigenvalue weighted by atomic mass is 79.9. The second-order valence-corrected chi connectivity index (χ2v) is 8.21. The molecule has 146 valence electrons. The van der Waals surface area contributed by atoms with Gasteiger partial charge in [0.1, 0.15) is 11.6 Å². The summed E-state index contributed by atoms with van der Waals surface area (Å²) in [6.07, 6.45) is 2.63. The molecule has 1 aliphatic heterocycles. The number of fused-ring (bicyclic) bond motifs is 1. The van der Waals surface area contributed by atoms with Crippen molar-refractivity contribution in [2.75, 3.05) is 13.6 Å². The van der Waals surface area contributed by atoms with Crippen molar-refractivity contribution in [1.82, 2.24) is 14.5 Å². The lowest BCUT2D eigenvalue weighted by Crippen LogP contribution is -2.29. The predicted molar refractivity (Wildman–Crippen MR) is 106 cm³/mol. The minimum absolute atomic E-state index is 0.00590. The number of imidazole rings is 1. The molecule has 27 heavy (non-hydrogen) atoms. The molecule has 1 aromatic heterocycles. The molecule has 0 fully saturated rings. The van der Waals surface area contributed by atoms with E-state index in [4.69, 9.17) is 12.2 Å². The van der Waals surface area contributed by atoms with Crippen LogP contribution in [0.1, 0.15) is 42.6 Å². The summed E-state index contributed by atoms with van der Waals surface area (Å²) in [4.78, 5) is 17.3. The Bertz CT molecular complexity index is 924. The molecule has 1 aliphatic rings. The van der Waals surface area contributed by atoms with E-state index >= 15 is 0 Å². The Morgan fingerprint density at radius 2 is 2.19 bits per heavy atom. The van der Waals surface area contributed by atoms with Crippen LogP contribution in [0, 0.1) is 16.4 Å². The summed E-state index contributed by atoms with van der Waals surface area (Å²) in [6.45, 7) is 3.19. The monoisotopic (exact) mass is 457 g/mol. The van der Waals surface area contributed by atoms with Gasteiger partial charge in [0.2, 0.25) is 5.91 Å². The first-order valence-electron chi connectivity index (χ1n) is 9.01. The fourth-order valence-electron chi connectivity index (χ4n) is 3.56. The van der Waals surface area contributed by atoms with E-state index in [2.05, 4.69) is 27.8 Å². The van der Waals surface area contributed by atoms with E-state index in [-0.39, 0.29) is 28.3 Å². The number of halogens is 3. The number of amides is 1. The van der Waals surface area contributed by atoms with Crippen LogP contribution in [-0.4, -0.2) is 34.0 Å². The topological polar surface area (TPSA) is 41.0 Å². The number of hydrogen-bond acceptors (Lipinski definition) is 2. The first-order chi connectivity index (χ1) is 12.8. The van der Waals surface area contributed by atoms with E-state index in [1.54, 1.807) is 11.9 Å². The molecule has 1 N–H and O–H groups in total. The van der Waals surface area contributed by atoms with Crippen molar-refractivity contribution in [1.29, 1.82) is 0 Å². The lowest BCUT2D eigenvalue weighted by molar-refractivity contribution is -0.129. The summed E-state index contributed by atoms with van der Waals surface area (Å²) in [5.74, 6) is -1.47. The van der Waals surface area contributed by atoms with Crippen molar-refractivity contribution in [3.05, 3.63) is 50.0 Å². The summed E-state index contributed by atoms with van der Waals surface area (Å²) in [7, 11) is 1.79. The second-order valence-electron chi connectivity index (χ2n) is 6.97. The van der Waals surface area contributed by atoms with Crippen LogP contribution in [0.25, 0.3) is 0 Å². The van der Waals surface area contributed by atoms with E-state index in [0.717, 1.165) is 24.2 Å². The van der Waals surface area contributed by atoms with Gasteiger partial charge in [0.15, 0.2) is 4.77 Å². The van der Waals surface area contributed by atoms with Gasteiger partial charge >= 0.3 is 0 Å².